The van der Waals surface area contributed by atoms with Crippen LogP contribution in [0.2, 0.25) is 103 Å². The highest BCUT2D eigenvalue weighted by molar-refractivity contribution is 9.10. The first kappa shape index (κ1) is 69.7. The number of rotatable bonds is 30. The summed E-state index contributed by atoms with van der Waals surface area (Å²) in [6, 6.07) is 2.00. The molecule has 0 atom stereocenters. The molecule has 0 aromatic heterocycles. The van der Waals surface area contributed by atoms with Crippen molar-refractivity contribution in [1.29, 1.82) is 0 Å². The van der Waals surface area contributed by atoms with Crippen LogP contribution >= 0.6 is 47.8 Å². The van der Waals surface area contributed by atoms with Crippen LogP contribution in [-0.4, -0.2) is 177 Å². The second-order valence-electron chi connectivity index (χ2n) is 22.5. The Bertz CT molecular complexity index is 1640. The zero-order valence-electron chi connectivity index (χ0n) is 47.3. The van der Waals surface area contributed by atoms with Crippen molar-refractivity contribution < 1.29 is 92.2 Å². The maximum Gasteiger partial charge on any atom is 0.475 e. The summed E-state index contributed by atoms with van der Waals surface area (Å²) in [5, 5.41) is 0. The summed E-state index contributed by atoms with van der Waals surface area (Å²) in [5.74, 6) is -1.09. The van der Waals surface area contributed by atoms with E-state index in [9.17, 15) is 14.4 Å². The highest BCUT2D eigenvalue weighted by Gasteiger charge is 2.73. The Morgan fingerprint density at radius 1 is 0.365 bits per heavy atom. The van der Waals surface area contributed by atoms with E-state index in [1.807, 2.05) is 19.6 Å². The Balaban J connectivity index is 1.93. The molecular weight excluding hydrogens is 1340 g/mol. The van der Waals surface area contributed by atoms with Gasteiger partial charge in [0.2, 0.25) is 0 Å². The lowest BCUT2D eigenvalue weighted by atomic mass is 10.2. The predicted octanol–water partition coefficient (Wildman–Crippen LogP) is 9.19. The molecular formula is C40H87Br3O21Si10. The summed E-state index contributed by atoms with van der Waals surface area (Å²) < 4.78 is 117. The van der Waals surface area contributed by atoms with Crippen molar-refractivity contribution >= 4 is 152 Å². The van der Waals surface area contributed by atoms with Gasteiger partial charge >= 0.3 is 79.5 Å². The molecule has 3 aliphatic heterocycles. The van der Waals surface area contributed by atoms with Crippen molar-refractivity contribution in [3.8, 4) is 0 Å². The molecule has 0 aliphatic carbocycles. The first-order chi connectivity index (χ1) is 33.4. The van der Waals surface area contributed by atoms with Gasteiger partial charge in [-0.25, -0.2) is 0 Å². The number of alkyl halides is 3. The fourth-order valence-electron chi connectivity index (χ4n) is 8.33. The molecule has 0 aromatic rings. The van der Waals surface area contributed by atoms with Crippen LogP contribution in [0.4, 0.5) is 0 Å². The van der Waals surface area contributed by atoms with Gasteiger partial charge in [-0.05, 0) is 118 Å². The van der Waals surface area contributed by atoms with Crippen LogP contribution in [-0.2, 0) is 92.2 Å². The van der Waals surface area contributed by atoms with Crippen molar-refractivity contribution in [2.45, 2.75) is 177 Å². The normalized spacial score (nSPS) is 30.4. The van der Waals surface area contributed by atoms with Gasteiger partial charge in [-0.2, -0.15) is 0 Å². The van der Waals surface area contributed by atoms with Gasteiger partial charge in [0.25, 0.3) is 0 Å². The molecule has 74 heavy (non-hydrogen) atoms. The Labute approximate surface area is 477 Å². The average molecular weight is 1420 g/mol. The average Bonchev–Trinajstić information content (AvgIpc) is 3.14. The SMILES string of the molecule is CC(C)(Br)C(=O)OCCOCCC[Si](C)(C)O[Si]1(C)O[Si]2(C)O[Si](C)(O[Si](C)(C)CCCOCCOC(=O)C(C)(C)Br)O[Si]3(C)O[Si](C)(O[Si](C)(C)CCCOCCOC(=O)C(C)(C)Br)O[Si](C)(O1)O[Si](C)(O2)O3. The molecule has 0 amide bonds. The van der Waals surface area contributed by atoms with E-state index < -0.39 is 99.6 Å². The summed E-state index contributed by atoms with van der Waals surface area (Å²) in [5.41, 5.74) is 0. The van der Waals surface area contributed by atoms with Gasteiger partial charge in [-0.15, -0.1) is 0 Å². The van der Waals surface area contributed by atoms with E-state index in [1.165, 1.54) is 0 Å². The van der Waals surface area contributed by atoms with Gasteiger partial charge < -0.3 is 77.8 Å². The Morgan fingerprint density at radius 2 is 0.568 bits per heavy atom. The minimum Gasteiger partial charge on any atom is -0.462 e. The maximum atomic E-state index is 12.2. The lowest BCUT2D eigenvalue weighted by Gasteiger charge is -2.56. The molecule has 34 heteroatoms. The number of ether oxygens (including phenoxy) is 6. The summed E-state index contributed by atoms with van der Waals surface area (Å²) in [6.45, 7) is 37.8. The quantitative estimate of drug-likeness (QED) is 0.0215. The van der Waals surface area contributed by atoms with Gasteiger partial charge in [0, 0.05) is 65.6 Å². The highest BCUT2D eigenvalue weighted by Crippen LogP contribution is 2.44. The molecule has 434 valence electrons. The molecule has 0 N–H and O–H groups in total. The molecule has 0 saturated carbocycles. The molecule has 0 radical (unpaired) electrons. The van der Waals surface area contributed by atoms with E-state index in [0.717, 1.165) is 0 Å². The van der Waals surface area contributed by atoms with Crippen molar-refractivity contribution in [2.75, 3.05) is 59.5 Å². The summed E-state index contributed by atoms with van der Waals surface area (Å²) in [4.78, 5) is 36.5. The topological polar surface area (TPSA) is 217 Å². The highest BCUT2D eigenvalue weighted by atomic mass is 79.9. The van der Waals surface area contributed by atoms with Gasteiger partial charge in [0.05, 0.1) is 19.8 Å². The molecule has 3 heterocycles. The number of fused-ring (bicyclic) bond motifs is 3. The molecule has 3 fully saturated rings. The zero-order valence-corrected chi connectivity index (χ0v) is 62.1. The lowest BCUT2D eigenvalue weighted by Crippen LogP contribution is -2.81. The van der Waals surface area contributed by atoms with Crippen molar-refractivity contribution in [3.05, 3.63) is 0 Å². The lowest BCUT2D eigenvalue weighted by molar-refractivity contribution is -0.147. The van der Waals surface area contributed by atoms with Crippen LogP contribution < -0.4 is 0 Å². The van der Waals surface area contributed by atoms with Crippen molar-refractivity contribution in [1.82, 2.24) is 0 Å². The van der Waals surface area contributed by atoms with E-state index in [2.05, 4.69) is 87.1 Å². The number of carbonyl (C=O) groups is 3. The minimum atomic E-state index is -3.95. The van der Waals surface area contributed by atoms with Gasteiger partial charge in [0.15, 0.2) is 25.0 Å². The molecule has 3 saturated heterocycles. The number of carbonyl (C=O) groups excluding carboxylic acids is 3. The van der Waals surface area contributed by atoms with Gasteiger partial charge in [-0.3, -0.25) is 14.4 Å². The third-order valence-electron chi connectivity index (χ3n) is 10.8. The summed E-state index contributed by atoms with van der Waals surface area (Å²) >= 11 is 9.97. The van der Waals surface area contributed by atoms with Crippen molar-refractivity contribution in [3.63, 3.8) is 0 Å². The minimum absolute atomic E-state index is 0.138. The molecule has 3 aliphatic rings. The number of hydrogen-bond acceptors (Lipinski definition) is 21. The van der Waals surface area contributed by atoms with E-state index in [-0.39, 0.29) is 57.5 Å². The van der Waals surface area contributed by atoms with E-state index in [1.54, 1.807) is 67.7 Å². The van der Waals surface area contributed by atoms with E-state index in [4.69, 9.17) is 77.8 Å². The molecule has 21 nitrogen and oxygen atoms in total. The first-order valence-electron chi connectivity index (χ1n) is 25.1. The smallest absolute Gasteiger partial charge is 0.462 e. The third kappa shape index (κ3) is 24.9. The predicted molar refractivity (Wildman–Crippen MR) is 309 cm³/mol. The molecule has 0 aromatic carbocycles. The van der Waals surface area contributed by atoms with Crippen LogP contribution in [0.3, 0.4) is 0 Å². The fourth-order valence-corrected chi connectivity index (χ4v) is 60.6. The second-order valence-corrected chi connectivity index (χ2v) is 62.4. The molecule has 0 spiro atoms. The van der Waals surface area contributed by atoms with Crippen LogP contribution in [0, 0.1) is 0 Å². The zero-order chi connectivity index (χ0) is 56.6. The largest absolute Gasteiger partial charge is 0.475 e. The molecule has 3 rings (SSSR count). The number of esters is 3. The van der Waals surface area contributed by atoms with Gasteiger partial charge in [0.1, 0.15) is 32.8 Å². The number of halogens is 3. The summed E-state index contributed by atoms with van der Waals surface area (Å²) in [6.07, 6.45) is 1.98. The van der Waals surface area contributed by atoms with Crippen LogP contribution in [0.15, 0.2) is 0 Å². The second kappa shape index (κ2) is 27.2. The van der Waals surface area contributed by atoms with E-state index >= 15 is 0 Å². The van der Waals surface area contributed by atoms with Crippen LogP contribution in [0.5, 0.6) is 0 Å². The Kier molecular flexibility index (Phi) is 25.6. The fraction of sp³-hybridized carbons (Fsp3) is 0.925. The Morgan fingerprint density at radius 3 is 0.770 bits per heavy atom. The van der Waals surface area contributed by atoms with E-state index in [0.29, 0.717) is 57.2 Å². The number of hydrogen-bond donors (Lipinski definition) is 0. The van der Waals surface area contributed by atoms with Crippen molar-refractivity contribution in [2.24, 2.45) is 0 Å². The maximum absolute atomic E-state index is 12.2. The summed E-state index contributed by atoms with van der Waals surface area (Å²) in [7, 11) is -35.5. The first-order valence-corrected chi connectivity index (χ1v) is 52.4. The monoisotopic (exact) mass is 1420 g/mol. The van der Waals surface area contributed by atoms with Crippen LogP contribution in [0.25, 0.3) is 0 Å². The van der Waals surface area contributed by atoms with Crippen LogP contribution in [0.1, 0.15) is 60.8 Å². The standard InChI is InChI=1S/C40H87Br3O21Si10/c1-38(2,41)35(44)50-29-26-47-23-20-32-65(7,8)53-68(13)56-71(16)58-69(14,54-66(9,10)33-21-24-48-27-30-51-36(45)39(3,4)42)60-73(18)61-70(15,59-72(17,57-68)63-74(19,62-71)64-73)55-67(11,12)34-22-25-49-28-31-52-37(46)40(5,6)43/h20-34H2,1-19H3. The molecule has 4 bridgehead atoms. The third-order valence-corrected chi connectivity index (χ3v) is 54.2. The van der Waals surface area contributed by atoms with Gasteiger partial charge in [-0.1, -0.05) is 47.8 Å². The molecule has 0 unspecified atom stereocenters. The Hall–Kier alpha value is 1.42.